The Balaban J connectivity index is 0.749. The molecule has 4 aromatic rings. The molecule has 3 aromatic carbocycles. The van der Waals surface area contributed by atoms with Gasteiger partial charge in [-0.15, -0.1) is 0 Å². The van der Waals surface area contributed by atoms with Gasteiger partial charge >= 0.3 is 0 Å². The maximum atomic E-state index is 13.8. The number of ether oxygens (including phenoxy) is 1. The molecule has 1 atom stereocenters. The fourth-order valence-electron chi connectivity index (χ4n) is 8.89. The van der Waals surface area contributed by atoms with Crippen molar-refractivity contribution in [1.29, 1.82) is 0 Å². The summed E-state index contributed by atoms with van der Waals surface area (Å²) < 4.78 is 20.0. The van der Waals surface area contributed by atoms with Gasteiger partial charge in [-0.25, -0.2) is 14.4 Å². The summed E-state index contributed by atoms with van der Waals surface area (Å²) in [6.45, 7) is 10.1. The largest absolute Gasteiger partial charge is 0.491 e. The maximum absolute atomic E-state index is 13.8. The maximum Gasteiger partial charge on any atom is 0.264 e. The van der Waals surface area contributed by atoms with E-state index in [2.05, 4.69) is 47.6 Å². The number of anilines is 4. The molecule has 4 aliphatic rings. The van der Waals surface area contributed by atoms with Crippen LogP contribution in [0.1, 0.15) is 65.7 Å². The molecule has 340 valence electrons. The van der Waals surface area contributed by atoms with Crippen LogP contribution in [0.2, 0.25) is 5.02 Å². The van der Waals surface area contributed by atoms with Gasteiger partial charge in [-0.1, -0.05) is 24.2 Å². The Morgan fingerprint density at radius 3 is 2.49 bits per heavy atom. The zero-order valence-electron chi connectivity index (χ0n) is 35.7. The minimum atomic E-state index is -1.04. The molecule has 0 aliphatic carbocycles. The molecule has 65 heavy (non-hydrogen) atoms. The van der Waals surface area contributed by atoms with Crippen LogP contribution < -0.4 is 26.0 Å². The normalized spacial score (nSPS) is 18.4. The Hall–Kier alpha value is -6.50. The van der Waals surface area contributed by atoms with Gasteiger partial charge in [-0.2, -0.15) is 0 Å². The summed E-state index contributed by atoms with van der Waals surface area (Å²) in [5, 5.41) is 12.0. The lowest BCUT2D eigenvalue weighted by molar-refractivity contribution is -0.136. The van der Waals surface area contributed by atoms with Crippen molar-refractivity contribution in [3.05, 3.63) is 89.5 Å². The molecule has 8 rings (SSSR count). The van der Waals surface area contributed by atoms with Crippen LogP contribution in [0.5, 0.6) is 5.75 Å². The fourth-order valence-corrected chi connectivity index (χ4v) is 9.07. The first-order valence-corrected chi connectivity index (χ1v) is 22.2. The number of carbonyl (C=O) groups is 6. The van der Waals surface area contributed by atoms with Crippen molar-refractivity contribution in [3.63, 3.8) is 0 Å². The summed E-state index contributed by atoms with van der Waals surface area (Å²) in [4.78, 5) is 92.8. The van der Waals surface area contributed by atoms with E-state index in [4.69, 9.17) is 16.3 Å². The molecule has 17 nitrogen and oxygen atoms in total. The molecule has 4 aliphatic heterocycles. The third-order valence-corrected chi connectivity index (χ3v) is 12.6. The zero-order chi connectivity index (χ0) is 45.6. The molecule has 3 fully saturated rings. The second-order valence-electron chi connectivity index (χ2n) is 16.4. The van der Waals surface area contributed by atoms with Gasteiger partial charge in [0, 0.05) is 81.0 Å². The second-order valence-corrected chi connectivity index (χ2v) is 16.8. The Bertz CT molecular complexity index is 2530. The average Bonchev–Trinajstić information content (AvgIpc) is 3.56. The van der Waals surface area contributed by atoms with Gasteiger partial charge < -0.3 is 30.5 Å². The Morgan fingerprint density at radius 2 is 1.74 bits per heavy atom. The summed E-state index contributed by atoms with van der Waals surface area (Å²) in [5.41, 5.74) is 2.43. The molecule has 5 heterocycles. The second kappa shape index (κ2) is 20.1. The summed E-state index contributed by atoms with van der Waals surface area (Å²) >= 11 is 5.98. The summed E-state index contributed by atoms with van der Waals surface area (Å²) in [6, 6.07) is 12.1. The standard InChI is InChI=1S/C46H50ClFN10O7/c1-2-39(59)53-36-25-31-35(50-27-51-43(31)52-28-9-10-33(48)32(47)24-28)26-38(36)65-23-5-16-55-17-13-29(14-18-55)56-19-21-57(22-20-56)41(61)8-4-15-49-34-7-3-6-30-42(34)46(64)58(45(30)63)37-11-12-40(60)54-44(37)62/h2-3,6-7,9-10,24-27,29,37,49H,1,4-5,8,11-23H2,(H,53,59)(H,50,51,52)(H,54,60,62). The SMILES string of the molecule is C=CC(=O)Nc1cc2c(Nc3ccc(F)c(Cl)c3)ncnc2cc1OCCCN1CCC(N2CCN(C(=O)CCCNc3cccc4c3C(=O)N(C3CCC(=O)NC3=O)C4=O)CC2)CC1. The van der Waals surface area contributed by atoms with E-state index >= 15 is 0 Å². The van der Waals surface area contributed by atoms with E-state index in [0.29, 0.717) is 84.7 Å². The molecule has 4 N–H and O–H groups in total. The van der Waals surface area contributed by atoms with E-state index in [0.717, 1.165) is 56.9 Å². The monoisotopic (exact) mass is 908 g/mol. The molecule has 19 heteroatoms. The predicted octanol–water partition coefficient (Wildman–Crippen LogP) is 4.96. The number of rotatable bonds is 16. The third kappa shape index (κ3) is 10.2. The van der Waals surface area contributed by atoms with Crippen molar-refractivity contribution >= 4 is 80.8 Å². The van der Waals surface area contributed by atoms with Crippen LogP contribution >= 0.6 is 11.6 Å². The van der Waals surface area contributed by atoms with Crippen LogP contribution in [0, 0.1) is 5.82 Å². The Kier molecular flexibility index (Phi) is 14.0. The van der Waals surface area contributed by atoms with Gasteiger partial charge in [0.05, 0.1) is 34.0 Å². The highest BCUT2D eigenvalue weighted by atomic mass is 35.5. The molecule has 0 spiro atoms. The van der Waals surface area contributed by atoms with Crippen molar-refractivity contribution in [2.24, 2.45) is 0 Å². The van der Waals surface area contributed by atoms with Gasteiger partial charge in [0.2, 0.25) is 23.6 Å². The molecule has 0 bridgehead atoms. The number of piperazine rings is 1. The molecule has 0 radical (unpaired) electrons. The van der Waals surface area contributed by atoms with Crippen LogP contribution in [0.4, 0.5) is 27.3 Å². The number of fused-ring (bicyclic) bond motifs is 2. The van der Waals surface area contributed by atoms with E-state index in [-0.39, 0.29) is 34.9 Å². The van der Waals surface area contributed by atoms with Gasteiger partial charge in [0.15, 0.2) is 0 Å². The lowest BCUT2D eigenvalue weighted by Gasteiger charge is -2.42. The van der Waals surface area contributed by atoms with Gasteiger partial charge in [-0.3, -0.25) is 43.9 Å². The van der Waals surface area contributed by atoms with Gasteiger partial charge in [-0.05, 0) is 87.7 Å². The van der Waals surface area contributed by atoms with Crippen molar-refractivity contribution in [1.82, 2.24) is 34.9 Å². The molecule has 6 amide bonds. The van der Waals surface area contributed by atoms with Crippen LogP contribution in [-0.2, 0) is 19.2 Å². The smallest absolute Gasteiger partial charge is 0.264 e. The van der Waals surface area contributed by atoms with Gasteiger partial charge in [0.1, 0.15) is 29.8 Å². The molecular formula is C46H50ClFN10O7. The number of hydrogen-bond acceptors (Lipinski definition) is 13. The number of likely N-dealkylation sites (tertiary alicyclic amines) is 1. The van der Waals surface area contributed by atoms with Crippen molar-refractivity contribution in [2.75, 3.05) is 74.9 Å². The van der Waals surface area contributed by atoms with Crippen LogP contribution in [0.25, 0.3) is 10.9 Å². The van der Waals surface area contributed by atoms with E-state index in [1.54, 1.807) is 36.4 Å². The number of nitrogens with one attached hydrogen (secondary N) is 4. The number of imide groups is 2. The minimum absolute atomic E-state index is 0.0299. The molecule has 1 unspecified atom stereocenters. The Morgan fingerprint density at radius 1 is 0.938 bits per heavy atom. The van der Waals surface area contributed by atoms with Crippen LogP contribution in [0.15, 0.2) is 67.5 Å². The van der Waals surface area contributed by atoms with Gasteiger partial charge in [0.25, 0.3) is 11.8 Å². The van der Waals surface area contributed by atoms with Crippen molar-refractivity contribution < 1.29 is 37.9 Å². The molecular weight excluding hydrogens is 859 g/mol. The number of halogens is 2. The fraction of sp³-hybridized carbons (Fsp3) is 0.391. The van der Waals surface area contributed by atoms with E-state index in [1.807, 2.05) is 4.90 Å². The number of amides is 6. The topological polar surface area (TPSA) is 199 Å². The molecule has 3 saturated heterocycles. The number of hydrogen-bond donors (Lipinski definition) is 4. The van der Waals surface area contributed by atoms with E-state index in [9.17, 15) is 33.2 Å². The zero-order valence-corrected chi connectivity index (χ0v) is 36.5. The molecule has 0 saturated carbocycles. The highest BCUT2D eigenvalue weighted by Crippen LogP contribution is 2.35. The van der Waals surface area contributed by atoms with Crippen molar-refractivity contribution in [2.45, 2.75) is 57.0 Å². The first kappa shape index (κ1) is 45.1. The quantitative estimate of drug-likeness (QED) is 0.0669. The third-order valence-electron chi connectivity index (χ3n) is 12.3. The molecule has 1 aromatic heterocycles. The highest BCUT2D eigenvalue weighted by Gasteiger charge is 2.45. The predicted molar refractivity (Wildman–Crippen MR) is 242 cm³/mol. The first-order valence-electron chi connectivity index (χ1n) is 21.9. The lowest BCUT2D eigenvalue weighted by atomic mass is 10.0. The summed E-state index contributed by atoms with van der Waals surface area (Å²) in [7, 11) is 0. The lowest BCUT2D eigenvalue weighted by Crippen LogP contribution is -2.54. The highest BCUT2D eigenvalue weighted by molar-refractivity contribution is 6.31. The summed E-state index contributed by atoms with van der Waals surface area (Å²) in [6.07, 6.45) is 6.43. The number of piperidine rings is 2. The first-order chi connectivity index (χ1) is 31.5. The van der Waals surface area contributed by atoms with E-state index in [1.165, 1.54) is 24.5 Å². The Labute approximate surface area is 379 Å². The summed E-state index contributed by atoms with van der Waals surface area (Å²) in [5.74, 6) is -2.16. The average molecular weight is 909 g/mol. The minimum Gasteiger partial charge on any atom is -0.491 e. The van der Waals surface area contributed by atoms with Crippen LogP contribution in [-0.4, -0.2) is 136 Å². The van der Waals surface area contributed by atoms with Crippen LogP contribution in [0.3, 0.4) is 0 Å². The number of benzene rings is 3. The number of nitrogens with zero attached hydrogens (tertiary/aromatic N) is 6. The van der Waals surface area contributed by atoms with Crippen molar-refractivity contribution in [3.8, 4) is 5.75 Å². The number of carbonyl (C=O) groups excluding carboxylic acids is 6. The van der Waals surface area contributed by atoms with E-state index < -0.39 is 41.4 Å². The number of aromatic nitrogens is 2.